The van der Waals surface area contributed by atoms with Crippen molar-refractivity contribution >= 4 is 10.0 Å². The highest BCUT2D eigenvalue weighted by molar-refractivity contribution is 7.89. The van der Waals surface area contributed by atoms with E-state index in [1.807, 2.05) is 31.2 Å². The minimum absolute atomic E-state index is 0.165. The topological polar surface area (TPSA) is 55.4 Å². The fraction of sp³-hybridized carbons (Fsp3) is 0.538. The number of sulfonamides is 1. The fourth-order valence-electron chi connectivity index (χ4n) is 1.53. The minimum Gasteiger partial charge on any atom is -0.492 e. The van der Waals surface area contributed by atoms with Crippen LogP contribution in [0, 0.1) is 0 Å². The van der Waals surface area contributed by atoms with Crippen LogP contribution in [0.4, 0.5) is 0 Å². The summed E-state index contributed by atoms with van der Waals surface area (Å²) in [6.45, 7) is 4.58. The summed E-state index contributed by atoms with van der Waals surface area (Å²) < 4.78 is 30.7. The Morgan fingerprint density at radius 2 is 1.83 bits per heavy atom. The fourth-order valence-corrected chi connectivity index (χ4v) is 2.60. The van der Waals surface area contributed by atoms with Gasteiger partial charge in [0.25, 0.3) is 0 Å². The molecule has 0 aliphatic rings. The maximum absolute atomic E-state index is 11.4. The first-order valence-electron chi connectivity index (χ1n) is 6.26. The van der Waals surface area contributed by atoms with Crippen LogP contribution >= 0.6 is 0 Å². The monoisotopic (exact) mass is 271 g/mol. The second-order valence-corrected chi connectivity index (χ2v) is 5.99. The van der Waals surface area contributed by atoms with Gasteiger partial charge in [0.1, 0.15) is 12.4 Å². The van der Waals surface area contributed by atoms with Crippen LogP contribution in [0.15, 0.2) is 24.3 Å². The molecule has 0 spiro atoms. The highest BCUT2D eigenvalue weighted by Gasteiger charge is 2.06. The number of nitrogens with one attached hydrogen (secondary N) is 1. The third-order valence-electron chi connectivity index (χ3n) is 2.50. The van der Waals surface area contributed by atoms with Crippen molar-refractivity contribution in [2.24, 2.45) is 0 Å². The van der Waals surface area contributed by atoms with E-state index in [1.165, 1.54) is 5.56 Å². The summed E-state index contributed by atoms with van der Waals surface area (Å²) >= 11 is 0. The Morgan fingerprint density at radius 3 is 2.39 bits per heavy atom. The van der Waals surface area contributed by atoms with Crippen molar-refractivity contribution in [3.8, 4) is 5.75 Å². The Hall–Kier alpha value is -1.07. The Balaban J connectivity index is 2.29. The third kappa shape index (κ3) is 5.51. The Kier molecular flexibility index (Phi) is 6.15. The zero-order valence-electron chi connectivity index (χ0n) is 11.0. The van der Waals surface area contributed by atoms with Crippen molar-refractivity contribution in [3.63, 3.8) is 0 Å². The van der Waals surface area contributed by atoms with Crippen molar-refractivity contribution < 1.29 is 13.2 Å². The molecular formula is C13H21NO3S. The molecule has 0 bridgehead atoms. The summed E-state index contributed by atoms with van der Waals surface area (Å²) in [5.74, 6) is 0.931. The zero-order chi connectivity index (χ0) is 13.4. The smallest absolute Gasteiger partial charge is 0.211 e. The Labute approximate surface area is 109 Å². The molecule has 0 saturated heterocycles. The van der Waals surface area contributed by atoms with Gasteiger partial charge in [-0.2, -0.15) is 0 Å². The van der Waals surface area contributed by atoms with Gasteiger partial charge in [0, 0.05) is 6.54 Å². The van der Waals surface area contributed by atoms with Crippen molar-refractivity contribution in [2.75, 3.05) is 18.9 Å². The van der Waals surface area contributed by atoms with Crippen LogP contribution in [0.2, 0.25) is 0 Å². The van der Waals surface area contributed by atoms with Crippen molar-refractivity contribution in [2.45, 2.75) is 26.7 Å². The van der Waals surface area contributed by atoms with Crippen LogP contribution in [0.1, 0.15) is 25.8 Å². The highest BCUT2D eigenvalue weighted by atomic mass is 32.2. The molecule has 0 heterocycles. The Bertz CT molecular complexity index is 440. The summed E-state index contributed by atoms with van der Waals surface area (Å²) in [5.41, 5.74) is 1.26. The molecule has 102 valence electrons. The molecule has 0 saturated carbocycles. The van der Waals surface area contributed by atoms with Crippen LogP contribution in [-0.2, 0) is 16.4 Å². The molecule has 0 fully saturated rings. The second kappa shape index (κ2) is 7.38. The van der Waals surface area contributed by atoms with E-state index in [1.54, 1.807) is 0 Å². The predicted octanol–water partition coefficient (Wildman–Crippen LogP) is 1.96. The quantitative estimate of drug-likeness (QED) is 0.735. The predicted molar refractivity (Wildman–Crippen MR) is 73.4 cm³/mol. The first-order chi connectivity index (χ1) is 8.57. The van der Waals surface area contributed by atoms with Gasteiger partial charge in [0.15, 0.2) is 0 Å². The van der Waals surface area contributed by atoms with Gasteiger partial charge in [-0.25, -0.2) is 13.1 Å². The minimum atomic E-state index is -3.13. The molecule has 1 rings (SSSR count). The number of hydrogen-bond donors (Lipinski definition) is 1. The van der Waals surface area contributed by atoms with Crippen molar-refractivity contribution in [3.05, 3.63) is 29.8 Å². The molecular weight excluding hydrogens is 250 g/mol. The van der Waals surface area contributed by atoms with Gasteiger partial charge < -0.3 is 4.74 Å². The molecule has 1 aromatic rings. The molecule has 1 aromatic carbocycles. The molecule has 0 aliphatic heterocycles. The third-order valence-corrected chi connectivity index (χ3v) is 4.09. The molecule has 0 atom stereocenters. The molecule has 0 radical (unpaired) electrons. The molecule has 0 aliphatic carbocycles. The van der Waals surface area contributed by atoms with Crippen molar-refractivity contribution in [1.82, 2.24) is 4.72 Å². The van der Waals surface area contributed by atoms with Crippen LogP contribution in [0.3, 0.4) is 0 Å². The van der Waals surface area contributed by atoms with E-state index in [9.17, 15) is 8.42 Å². The first-order valence-corrected chi connectivity index (χ1v) is 7.91. The first kappa shape index (κ1) is 15.0. The molecule has 5 heteroatoms. The largest absolute Gasteiger partial charge is 0.492 e. The van der Waals surface area contributed by atoms with Crippen LogP contribution in [0.25, 0.3) is 0 Å². The Morgan fingerprint density at radius 1 is 1.17 bits per heavy atom. The molecule has 1 N–H and O–H groups in total. The highest BCUT2D eigenvalue weighted by Crippen LogP contribution is 2.12. The summed E-state index contributed by atoms with van der Waals surface area (Å²) in [5, 5.41) is 0. The van der Waals surface area contributed by atoms with E-state index >= 15 is 0 Å². The van der Waals surface area contributed by atoms with E-state index in [2.05, 4.69) is 11.6 Å². The standard InChI is InChI=1S/C13H21NO3S/c1-3-11-18(15,16)14-9-10-17-13-7-5-12(4-2)6-8-13/h5-8,14H,3-4,9-11H2,1-2H3. The van der Waals surface area contributed by atoms with Crippen molar-refractivity contribution in [1.29, 1.82) is 0 Å². The van der Waals surface area contributed by atoms with Crippen LogP contribution in [0.5, 0.6) is 5.75 Å². The number of ether oxygens (including phenoxy) is 1. The maximum atomic E-state index is 11.4. The zero-order valence-corrected chi connectivity index (χ0v) is 11.8. The van der Waals surface area contributed by atoms with Gasteiger partial charge >= 0.3 is 0 Å². The SMILES string of the molecule is CCCS(=O)(=O)NCCOc1ccc(CC)cc1. The maximum Gasteiger partial charge on any atom is 0.211 e. The van der Waals surface area contributed by atoms with Gasteiger partial charge in [-0.15, -0.1) is 0 Å². The van der Waals surface area contributed by atoms with E-state index in [-0.39, 0.29) is 5.75 Å². The number of benzene rings is 1. The van der Waals surface area contributed by atoms with Gasteiger partial charge in [-0.1, -0.05) is 26.0 Å². The van der Waals surface area contributed by atoms with E-state index in [4.69, 9.17) is 4.74 Å². The lowest BCUT2D eigenvalue weighted by Crippen LogP contribution is -2.30. The lowest BCUT2D eigenvalue weighted by Gasteiger charge is -2.08. The number of hydrogen-bond acceptors (Lipinski definition) is 3. The molecule has 18 heavy (non-hydrogen) atoms. The average Bonchev–Trinajstić information content (AvgIpc) is 2.35. The summed E-state index contributed by atoms with van der Waals surface area (Å²) in [6, 6.07) is 7.83. The van der Waals surface area contributed by atoms with Crippen LogP contribution < -0.4 is 9.46 Å². The number of rotatable bonds is 8. The summed E-state index contributed by atoms with van der Waals surface area (Å²) in [7, 11) is -3.13. The van der Waals surface area contributed by atoms with Gasteiger partial charge in [-0.05, 0) is 30.5 Å². The van der Waals surface area contributed by atoms with E-state index in [0.717, 1.165) is 12.2 Å². The lowest BCUT2D eigenvalue weighted by atomic mass is 10.2. The van der Waals surface area contributed by atoms with E-state index < -0.39 is 10.0 Å². The van der Waals surface area contributed by atoms with E-state index in [0.29, 0.717) is 19.6 Å². The van der Waals surface area contributed by atoms with Gasteiger partial charge in [0.2, 0.25) is 10.0 Å². The van der Waals surface area contributed by atoms with Gasteiger partial charge in [0.05, 0.1) is 5.75 Å². The summed E-state index contributed by atoms with van der Waals surface area (Å²) in [6.07, 6.45) is 1.62. The van der Waals surface area contributed by atoms with Crippen LogP contribution in [-0.4, -0.2) is 27.3 Å². The summed E-state index contributed by atoms with van der Waals surface area (Å²) in [4.78, 5) is 0. The van der Waals surface area contributed by atoms with Gasteiger partial charge in [-0.3, -0.25) is 0 Å². The number of aryl methyl sites for hydroxylation is 1. The molecule has 0 amide bonds. The lowest BCUT2D eigenvalue weighted by molar-refractivity contribution is 0.322. The average molecular weight is 271 g/mol. The normalized spacial score (nSPS) is 11.4. The molecule has 4 nitrogen and oxygen atoms in total. The molecule has 0 aromatic heterocycles. The second-order valence-electron chi connectivity index (χ2n) is 4.06. The molecule has 0 unspecified atom stereocenters.